The Labute approximate surface area is 181 Å². The van der Waals surface area contributed by atoms with Gasteiger partial charge in [-0.15, -0.1) is 0 Å². The number of pyridine rings is 1. The molecule has 0 saturated heterocycles. The first-order chi connectivity index (χ1) is 15.1. The minimum atomic E-state index is -0.117. The first-order valence-corrected chi connectivity index (χ1v) is 10.3. The van der Waals surface area contributed by atoms with Crippen molar-refractivity contribution in [1.82, 2.24) is 4.98 Å². The maximum Gasteiger partial charge on any atom is 0.255 e. The van der Waals surface area contributed by atoms with E-state index in [4.69, 9.17) is 9.72 Å². The van der Waals surface area contributed by atoms with E-state index in [2.05, 4.69) is 16.3 Å². The number of benzene rings is 3. The molecule has 3 aromatic carbocycles. The van der Waals surface area contributed by atoms with Crippen LogP contribution in [0.25, 0.3) is 10.9 Å². The molecule has 1 N–H and O–H groups in total. The average molecular weight is 409 g/mol. The molecule has 1 amide bonds. The summed E-state index contributed by atoms with van der Waals surface area (Å²) in [6.45, 7) is 2.89. The number of methoxy groups -OCH3 is 1. The minimum absolute atomic E-state index is 0.117. The van der Waals surface area contributed by atoms with E-state index in [1.807, 2.05) is 73.7 Å². The fraction of sp³-hybridized carbons (Fsp3) is 0.154. The van der Waals surface area contributed by atoms with Crippen molar-refractivity contribution in [2.24, 2.45) is 0 Å². The van der Waals surface area contributed by atoms with Crippen LogP contribution in [-0.4, -0.2) is 24.5 Å². The Kier molecular flexibility index (Phi) is 4.79. The third kappa shape index (κ3) is 3.70. The Morgan fingerprint density at radius 1 is 1.00 bits per heavy atom. The van der Waals surface area contributed by atoms with Gasteiger partial charge < -0.3 is 15.0 Å². The highest BCUT2D eigenvalue weighted by atomic mass is 16.5. The van der Waals surface area contributed by atoms with Crippen molar-refractivity contribution in [3.8, 4) is 5.75 Å². The molecule has 5 rings (SSSR count). The lowest BCUT2D eigenvalue weighted by atomic mass is 10.1. The molecule has 0 aliphatic carbocycles. The van der Waals surface area contributed by atoms with Gasteiger partial charge in [-0.3, -0.25) is 4.79 Å². The molecule has 0 saturated carbocycles. The second-order valence-corrected chi connectivity index (χ2v) is 7.80. The quantitative estimate of drug-likeness (QED) is 0.484. The maximum atomic E-state index is 12.6. The standard InChI is InChI=1S/C26H23N3O2/c1-17-3-8-21(9-4-17)27-26(30)18-5-10-22(11-6-18)29-14-13-20-15-19-7-12-23(31-2)16-24(19)28-25(20)29/h3-12,15-16H,13-14H2,1-2H3,(H,27,30). The molecule has 154 valence electrons. The summed E-state index contributed by atoms with van der Waals surface area (Å²) in [4.78, 5) is 19.7. The van der Waals surface area contributed by atoms with Crippen LogP contribution in [0.4, 0.5) is 17.2 Å². The second-order valence-electron chi connectivity index (χ2n) is 7.80. The molecule has 5 heteroatoms. The zero-order chi connectivity index (χ0) is 21.4. The summed E-state index contributed by atoms with van der Waals surface area (Å²) >= 11 is 0. The van der Waals surface area contributed by atoms with Gasteiger partial charge in [-0.2, -0.15) is 0 Å². The monoisotopic (exact) mass is 409 g/mol. The van der Waals surface area contributed by atoms with Crippen LogP contribution in [-0.2, 0) is 6.42 Å². The molecule has 0 fully saturated rings. The number of anilines is 3. The average Bonchev–Trinajstić information content (AvgIpc) is 3.21. The maximum absolute atomic E-state index is 12.6. The molecule has 5 nitrogen and oxygen atoms in total. The Morgan fingerprint density at radius 2 is 1.77 bits per heavy atom. The smallest absolute Gasteiger partial charge is 0.255 e. The van der Waals surface area contributed by atoms with Crippen molar-refractivity contribution < 1.29 is 9.53 Å². The van der Waals surface area contributed by atoms with Gasteiger partial charge in [0.1, 0.15) is 11.6 Å². The fourth-order valence-corrected chi connectivity index (χ4v) is 3.95. The molecular formula is C26H23N3O2. The number of rotatable bonds is 4. The third-order valence-corrected chi connectivity index (χ3v) is 5.69. The Balaban J connectivity index is 1.39. The van der Waals surface area contributed by atoms with Crippen LogP contribution in [0.2, 0.25) is 0 Å². The summed E-state index contributed by atoms with van der Waals surface area (Å²) in [5.74, 6) is 1.65. The molecule has 0 unspecified atom stereocenters. The van der Waals surface area contributed by atoms with Gasteiger partial charge >= 0.3 is 0 Å². The molecule has 31 heavy (non-hydrogen) atoms. The van der Waals surface area contributed by atoms with Crippen LogP contribution in [0.5, 0.6) is 5.75 Å². The summed E-state index contributed by atoms with van der Waals surface area (Å²) < 4.78 is 5.35. The zero-order valence-electron chi connectivity index (χ0n) is 17.6. The van der Waals surface area contributed by atoms with E-state index in [1.165, 1.54) is 5.56 Å². The number of aryl methyl sites for hydroxylation is 1. The first-order valence-electron chi connectivity index (χ1n) is 10.3. The molecule has 0 atom stereocenters. The summed E-state index contributed by atoms with van der Waals surface area (Å²) in [7, 11) is 1.66. The molecular weight excluding hydrogens is 386 g/mol. The van der Waals surface area contributed by atoms with Crippen molar-refractivity contribution in [3.05, 3.63) is 89.5 Å². The second kappa shape index (κ2) is 7.76. The molecule has 1 aliphatic rings. The summed E-state index contributed by atoms with van der Waals surface area (Å²) in [5.41, 5.74) is 5.76. The minimum Gasteiger partial charge on any atom is -0.497 e. The molecule has 4 aromatic rings. The third-order valence-electron chi connectivity index (χ3n) is 5.69. The number of ether oxygens (including phenoxy) is 1. The van der Waals surface area contributed by atoms with E-state index in [-0.39, 0.29) is 5.91 Å². The van der Waals surface area contributed by atoms with Gasteiger partial charge in [-0.05, 0) is 73.5 Å². The number of amides is 1. The highest BCUT2D eigenvalue weighted by Gasteiger charge is 2.23. The largest absolute Gasteiger partial charge is 0.497 e. The predicted molar refractivity (Wildman–Crippen MR) is 125 cm³/mol. The lowest BCUT2D eigenvalue weighted by Gasteiger charge is -2.19. The zero-order valence-corrected chi connectivity index (χ0v) is 17.6. The van der Waals surface area contributed by atoms with Crippen molar-refractivity contribution in [3.63, 3.8) is 0 Å². The SMILES string of the molecule is COc1ccc2cc3c(nc2c1)N(c1ccc(C(=O)Nc2ccc(C)cc2)cc1)CC3. The van der Waals surface area contributed by atoms with Crippen molar-refractivity contribution >= 4 is 34.0 Å². The molecule has 1 aliphatic heterocycles. The molecule has 0 bridgehead atoms. The van der Waals surface area contributed by atoms with E-state index in [0.717, 1.165) is 52.4 Å². The van der Waals surface area contributed by atoms with Gasteiger partial charge in [-0.1, -0.05) is 17.7 Å². The van der Waals surface area contributed by atoms with Gasteiger partial charge in [0.15, 0.2) is 0 Å². The van der Waals surface area contributed by atoms with E-state index < -0.39 is 0 Å². The van der Waals surface area contributed by atoms with E-state index in [9.17, 15) is 4.79 Å². The lowest BCUT2D eigenvalue weighted by molar-refractivity contribution is 0.102. The summed E-state index contributed by atoms with van der Waals surface area (Å²) in [6.07, 6.45) is 0.944. The number of fused-ring (bicyclic) bond motifs is 2. The number of hydrogen-bond donors (Lipinski definition) is 1. The van der Waals surface area contributed by atoms with Crippen molar-refractivity contribution in [2.75, 3.05) is 23.9 Å². The highest BCUT2D eigenvalue weighted by molar-refractivity contribution is 6.04. The number of nitrogens with zero attached hydrogens (tertiary/aromatic N) is 2. The molecule has 0 radical (unpaired) electrons. The van der Waals surface area contributed by atoms with E-state index in [1.54, 1.807) is 7.11 Å². The van der Waals surface area contributed by atoms with Crippen LogP contribution in [0.1, 0.15) is 21.5 Å². The fourth-order valence-electron chi connectivity index (χ4n) is 3.95. The van der Waals surface area contributed by atoms with E-state index in [0.29, 0.717) is 5.56 Å². The highest BCUT2D eigenvalue weighted by Crippen LogP contribution is 2.35. The normalized spacial score (nSPS) is 12.6. The Bertz CT molecular complexity index is 1260. The first kappa shape index (κ1) is 19.1. The van der Waals surface area contributed by atoms with Gasteiger partial charge in [0.2, 0.25) is 0 Å². The van der Waals surface area contributed by atoms with Gasteiger partial charge in [-0.25, -0.2) is 4.98 Å². The predicted octanol–water partition coefficient (Wildman–Crippen LogP) is 5.50. The topological polar surface area (TPSA) is 54.5 Å². The van der Waals surface area contributed by atoms with Crippen molar-refractivity contribution in [2.45, 2.75) is 13.3 Å². The number of carbonyl (C=O) groups excluding carboxylic acids is 1. The molecule has 1 aromatic heterocycles. The van der Waals surface area contributed by atoms with Crippen molar-refractivity contribution in [1.29, 1.82) is 0 Å². The lowest BCUT2D eigenvalue weighted by Crippen LogP contribution is -2.15. The Morgan fingerprint density at radius 3 is 2.52 bits per heavy atom. The number of hydrogen-bond acceptors (Lipinski definition) is 4. The molecule has 0 spiro atoms. The van der Waals surface area contributed by atoms with Gasteiger partial charge in [0.05, 0.1) is 12.6 Å². The van der Waals surface area contributed by atoms with E-state index >= 15 is 0 Å². The number of aromatic nitrogens is 1. The van der Waals surface area contributed by atoms with Crippen LogP contribution < -0.4 is 15.0 Å². The number of carbonyl (C=O) groups is 1. The van der Waals surface area contributed by atoms with Crippen LogP contribution >= 0.6 is 0 Å². The van der Waals surface area contributed by atoms with Crippen LogP contribution in [0, 0.1) is 6.92 Å². The van der Waals surface area contributed by atoms with Crippen LogP contribution in [0.3, 0.4) is 0 Å². The van der Waals surface area contributed by atoms with Crippen LogP contribution in [0.15, 0.2) is 72.8 Å². The number of nitrogens with one attached hydrogen (secondary N) is 1. The van der Waals surface area contributed by atoms with Gasteiger partial charge in [0, 0.05) is 34.9 Å². The molecule has 2 heterocycles. The van der Waals surface area contributed by atoms with Gasteiger partial charge in [0.25, 0.3) is 5.91 Å². The summed E-state index contributed by atoms with van der Waals surface area (Å²) in [5, 5.41) is 4.06. The Hall–Kier alpha value is -3.86. The summed E-state index contributed by atoms with van der Waals surface area (Å²) in [6, 6.07) is 23.7.